The van der Waals surface area contributed by atoms with Gasteiger partial charge in [-0.3, -0.25) is 38.4 Å². The number of likely N-dealkylation sites (N-methyl/N-ethyl adjacent to an activating group) is 2. The number of carbonyl (C=O) groups is 8. The topological polar surface area (TPSA) is 236 Å². The number of amides is 8. The summed E-state index contributed by atoms with van der Waals surface area (Å²) in [5, 5.41) is 15.9. The summed E-state index contributed by atoms with van der Waals surface area (Å²) in [6.45, 7) is 14.2. The molecule has 0 radical (unpaired) electrons. The van der Waals surface area contributed by atoms with Crippen LogP contribution < -0.4 is 32.3 Å². The predicted octanol–water partition coefficient (Wildman–Crippen LogP) is 2.10. The SMILES string of the molecule is CN[C@@H](C)C(=O)N[C@H](C(=O)N1CCN(C(=O)c2cccc3ccc(C(=O)N4CCN(C(=O)[C@@H](NC(=O)[C@H](C)NC)C(C)(C)C)[C@H](C(=O)N[C@@H]5CCCc6ccccc65)C4)cc23)C[C@H]1C(N)=O)C(C)(C)C. The van der Waals surface area contributed by atoms with Crippen molar-refractivity contribution in [1.29, 1.82) is 0 Å². The molecule has 3 aliphatic rings. The van der Waals surface area contributed by atoms with Gasteiger partial charge >= 0.3 is 0 Å². The van der Waals surface area contributed by atoms with Crippen LogP contribution in [0, 0.1) is 10.8 Å². The van der Waals surface area contributed by atoms with Gasteiger partial charge in [0.15, 0.2) is 0 Å². The number of hydrogen-bond acceptors (Lipinski definition) is 10. The van der Waals surface area contributed by atoms with Crippen LogP contribution >= 0.6 is 0 Å². The van der Waals surface area contributed by atoms with E-state index in [0.717, 1.165) is 24.0 Å². The van der Waals surface area contributed by atoms with E-state index in [0.29, 0.717) is 17.2 Å². The van der Waals surface area contributed by atoms with E-state index in [1.807, 2.05) is 65.8 Å². The van der Waals surface area contributed by atoms with Crippen LogP contribution in [0.4, 0.5) is 0 Å². The predicted molar refractivity (Wildman–Crippen MR) is 266 cm³/mol. The van der Waals surface area contributed by atoms with Gasteiger partial charge in [-0.15, -0.1) is 0 Å². The van der Waals surface area contributed by atoms with Gasteiger partial charge in [0.2, 0.25) is 35.4 Å². The van der Waals surface area contributed by atoms with Crippen LogP contribution in [0.2, 0.25) is 0 Å². The Morgan fingerprint density at radius 3 is 1.76 bits per heavy atom. The number of primary amides is 1. The van der Waals surface area contributed by atoms with Crippen molar-refractivity contribution < 1.29 is 38.4 Å². The van der Waals surface area contributed by atoms with Gasteiger partial charge in [-0.2, -0.15) is 0 Å². The van der Waals surface area contributed by atoms with Gasteiger partial charge in [-0.05, 0) is 98.1 Å². The average molecular weight is 965 g/mol. The Labute approximate surface area is 411 Å². The van der Waals surface area contributed by atoms with Gasteiger partial charge in [0, 0.05) is 37.3 Å². The van der Waals surface area contributed by atoms with E-state index in [2.05, 4.69) is 32.7 Å². The second kappa shape index (κ2) is 21.7. The highest BCUT2D eigenvalue weighted by Gasteiger charge is 2.45. The fourth-order valence-electron chi connectivity index (χ4n) is 9.47. The van der Waals surface area contributed by atoms with Crippen molar-refractivity contribution in [3.05, 3.63) is 82.9 Å². The van der Waals surface area contributed by atoms with E-state index in [-0.39, 0.29) is 68.3 Å². The molecule has 0 unspecified atom stereocenters. The summed E-state index contributed by atoms with van der Waals surface area (Å²) in [6, 6.07) is 12.5. The molecule has 1 aliphatic carbocycles. The number of aryl methyl sites for hydroxylation is 1. The molecule has 2 aliphatic heterocycles. The molecule has 8 amide bonds. The first-order valence-electron chi connectivity index (χ1n) is 24.3. The van der Waals surface area contributed by atoms with Crippen molar-refractivity contribution in [3.63, 3.8) is 0 Å². The van der Waals surface area contributed by atoms with Crippen LogP contribution in [0.3, 0.4) is 0 Å². The number of piperazine rings is 2. The summed E-state index contributed by atoms with van der Waals surface area (Å²) in [5.74, 6) is -3.74. The first-order valence-corrected chi connectivity index (χ1v) is 24.3. The lowest BCUT2D eigenvalue weighted by atomic mass is 9.85. The molecule has 378 valence electrons. The zero-order valence-electron chi connectivity index (χ0n) is 42.3. The highest BCUT2D eigenvalue weighted by atomic mass is 16.2. The molecule has 0 aromatic heterocycles. The zero-order chi connectivity index (χ0) is 51.4. The average Bonchev–Trinajstić information content (AvgIpc) is 3.34. The molecule has 0 bridgehead atoms. The summed E-state index contributed by atoms with van der Waals surface area (Å²) in [4.78, 5) is 118. The van der Waals surface area contributed by atoms with Crippen molar-refractivity contribution in [2.75, 3.05) is 53.4 Å². The maximum Gasteiger partial charge on any atom is 0.254 e. The number of nitrogens with one attached hydrogen (secondary N) is 5. The normalized spacial score (nSPS) is 20.3. The Balaban J connectivity index is 1.26. The molecule has 3 aromatic rings. The minimum Gasteiger partial charge on any atom is -0.368 e. The lowest BCUT2D eigenvalue weighted by molar-refractivity contribution is -0.148. The van der Waals surface area contributed by atoms with Crippen molar-refractivity contribution in [2.45, 2.75) is 117 Å². The zero-order valence-corrected chi connectivity index (χ0v) is 42.3. The number of nitrogens with two attached hydrogens (primary N) is 1. The lowest BCUT2D eigenvalue weighted by Gasteiger charge is -2.44. The van der Waals surface area contributed by atoms with Crippen LogP contribution in [0.1, 0.15) is 106 Å². The first-order chi connectivity index (χ1) is 33.0. The fourth-order valence-corrected chi connectivity index (χ4v) is 9.47. The molecule has 7 atom stereocenters. The second-order valence-corrected chi connectivity index (χ2v) is 21.0. The van der Waals surface area contributed by atoms with Gasteiger partial charge in [0.05, 0.1) is 31.2 Å². The molecule has 2 fully saturated rings. The quantitative estimate of drug-likeness (QED) is 0.146. The molecule has 18 nitrogen and oxygen atoms in total. The Morgan fingerprint density at radius 1 is 0.657 bits per heavy atom. The van der Waals surface area contributed by atoms with Gasteiger partial charge in [-0.25, -0.2) is 0 Å². The minimum absolute atomic E-state index is 0.0126. The van der Waals surface area contributed by atoms with E-state index >= 15 is 0 Å². The van der Waals surface area contributed by atoms with E-state index in [9.17, 15) is 38.4 Å². The third-order valence-corrected chi connectivity index (χ3v) is 14.0. The van der Waals surface area contributed by atoms with Crippen LogP contribution in [-0.4, -0.2) is 156 Å². The molecule has 18 heteroatoms. The van der Waals surface area contributed by atoms with Crippen molar-refractivity contribution >= 4 is 58.0 Å². The minimum atomic E-state index is -1.18. The molecule has 70 heavy (non-hydrogen) atoms. The van der Waals surface area contributed by atoms with E-state index < -0.39 is 82.5 Å². The maximum atomic E-state index is 14.7. The van der Waals surface area contributed by atoms with Crippen molar-refractivity contribution in [1.82, 2.24) is 46.2 Å². The third-order valence-electron chi connectivity index (χ3n) is 14.0. The Morgan fingerprint density at radius 2 is 1.20 bits per heavy atom. The smallest absolute Gasteiger partial charge is 0.254 e. The van der Waals surface area contributed by atoms with E-state index in [4.69, 9.17) is 5.73 Å². The molecular formula is C52H72N10O8. The molecule has 2 saturated heterocycles. The number of fused-ring (bicyclic) bond motifs is 2. The summed E-state index contributed by atoms with van der Waals surface area (Å²) in [6.07, 6.45) is 2.46. The van der Waals surface area contributed by atoms with Crippen LogP contribution in [0.5, 0.6) is 0 Å². The van der Waals surface area contributed by atoms with E-state index in [1.54, 1.807) is 63.2 Å². The summed E-state index contributed by atoms with van der Waals surface area (Å²) >= 11 is 0. The van der Waals surface area contributed by atoms with E-state index in [1.165, 1.54) is 14.7 Å². The number of carbonyl (C=O) groups excluding carboxylic acids is 8. The largest absolute Gasteiger partial charge is 0.368 e. The Bertz CT molecular complexity index is 2500. The highest BCUT2D eigenvalue weighted by Crippen LogP contribution is 2.32. The number of rotatable bonds is 13. The van der Waals surface area contributed by atoms with Crippen molar-refractivity contribution in [3.8, 4) is 0 Å². The van der Waals surface area contributed by atoms with Crippen LogP contribution in [0.25, 0.3) is 10.8 Å². The molecule has 0 saturated carbocycles. The molecule has 3 aromatic carbocycles. The monoisotopic (exact) mass is 965 g/mol. The number of benzene rings is 3. The standard InChI is InChI=1S/C52H72N10O8/c1-30(54-9)44(64)57-41(51(3,4)5)49(69)61-25-24-60(28-39(61)43(53)63)48(68)36-19-13-16-33-21-22-34(27-37(33)36)47(67)59-23-26-62(50(70)42(52(6,7)8)58-45(65)31(2)55-10)40(29-59)46(66)56-38-20-14-17-32-15-11-12-18-35(32)38/h11-13,15-16,18-19,21-22,27,30-31,38-42,54-55H,14,17,20,23-26,28-29H2,1-10H3,(H2,53,63)(H,56,66)(H,57,64)(H,58,65)/t30-,31-,38+,39-,40-,41+,42+/m0/s1. The molecular weight excluding hydrogens is 893 g/mol. The molecule has 6 rings (SSSR count). The molecule has 0 spiro atoms. The third kappa shape index (κ3) is 11.6. The fraction of sp³-hybridized carbons (Fsp3) is 0.538. The number of nitrogens with zero attached hydrogens (tertiary/aromatic N) is 4. The summed E-state index contributed by atoms with van der Waals surface area (Å²) in [5.41, 5.74) is 7.12. The van der Waals surface area contributed by atoms with Gasteiger partial charge in [0.25, 0.3) is 11.8 Å². The summed E-state index contributed by atoms with van der Waals surface area (Å²) in [7, 11) is 3.29. The summed E-state index contributed by atoms with van der Waals surface area (Å²) < 4.78 is 0. The van der Waals surface area contributed by atoms with Crippen molar-refractivity contribution in [2.24, 2.45) is 16.6 Å². The first kappa shape index (κ1) is 53.0. The second-order valence-electron chi connectivity index (χ2n) is 21.0. The van der Waals surface area contributed by atoms with Gasteiger partial charge < -0.3 is 51.9 Å². The number of hydrogen-bond donors (Lipinski definition) is 6. The maximum absolute atomic E-state index is 14.7. The van der Waals surface area contributed by atoms with Crippen LogP contribution in [-0.2, 0) is 35.2 Å². The van der Waals surface area contributed by atoms with Crippen LogP contribution in [0.15, 0.2) is 60.7 Å². The van der Waals surface area contributed by atoms with Gasteiger partial charge in [0.1, 0.15) is 24.2 Å². The van der Waals surface area contributed by atoms with Gasteiger partial charge in [-0.1, -0.05) is 84.0 Å². The lowest BCUT2D eigenvalue weighted by Crippen LogP contribution is -2.66. The highest BCUT2D eigenvalue weighted by molar-refractivity contribution is 6.10. The Kier molecular flexibility index (Phi) is 16.4. The Hall–Kier alpha value is -6.40. The molecule has 7 N–H and O–H groups in total. The molecule has 2 heterocycles.